The fourth-order valence-electron chi connectivity index (χ4n) is 8.46. The molecule has 9 heteroatoms. The van der Waals surface area contributed by atoms with Gasteiger partial charge >= 0.3 is 5.97 Å². The van der Waals surface area contributed by atoms with Gasteiger partial charge in [0.25, 0.3) is 0 Å². The zero-order valence-electron chi connectivity index (χ0n) is 27.9. The number of carbonyl (C=O) groups is 2. The summed E-state index contributed by atoms with van der Waals surface area (Å²) in [5.41, 5.74) is -0.155. The standard InChI is InChI=1S/C35H52O8Si/c1-9-28-22(3)13-14-34(41-28)19-26-16-25(40-34)17-29-33(5,42-29)18-21(2)11-10-12-24-20-38-31-30(36)23(4)15-27(32(37)39-26)35(24,31)43-44(6,7)8/h10-12,15,21-22,25-29,31H,9,13-14,16-20H2,1-8H3/b11-10+,24-12+/t21-,22-,25-,26-,27-,28+,29-,31+,33+,34+,35+/m0/s1. The minimum atomic E-state index is -2.30. The lowest BCUT2D eigenvalue weighted by molar-refractivity contribution is -0.336. The molecular formula is C35H52O8Si. The quantitative estimate of drug-likeness (QED) is 0.207. The first kappa shape index (κ1) is 32.3. The molecule has 0 aromatic rings. The van der Waals surface area contributed by atoms with Gasteiger partial charge in [-0.05, 0) is 75.7 Å². The number of esters is 1. The summed E-state index contributed by atoms with van der Waals surface area (Å²) >= 11 is 0. The van der Waals surface area contributed by atoms with E-state index in [1.165, 1.54) is 0 Å². The van der Waals surface area contributed by atoms with Crippen molar-refractivity contribution in [1.82, 2.24) is 0 Å². The number of hydrogen-bond donors (Lipinski definition) is 0. The van der Waals surface area contributed by atoms with Crippen molar-refractivity contribution >= 4 is 20.1 Å². The molecule has 8 nitrogen and oxygen atoms in total. The Labute approximate surface area is 264 Å². The summed E-state index contributed by atoms with van der Waals surface area (Å²) in [6.45, 7) is 17.0. The van der Waals surface area contributed by atoms with Gasteiger partial charge in [-0.2, -0.15) is 0 Å². The van der Waals surface area contributed by atoms with Crippen molar-refractivity contribution in [3.8, 4) is 0 Å². The van der Waals surface area contributed by atoms with Gasteiger partial charge in [0.1, 0.15) is 17.6 Å². The number of Topliss-reactive ketones (excluding diaryl/α,β-unsaturated/α-hetero) is 1. The van der Waals surface area contributed by atoms with Crippen molar-refractivity contribution in [3.63, 3.8) is 0 Å². The topological polar surface area (TPSA) is 92.8 Å². The number of carbonyl (C=O) groups excluding carboxylic acids is 2. The molecule has 44 heavy (non-hydrogen) atoms. The van der Waals surface area contributed by atoms with Crippen LogP contribution in [0.15, 0.2) is 35.5 Å². The molecule has 0 saturated carbocycles. The largest absolute Gasteiger partial charge is 0.462 e. The Kier molecular flexibility index (Phi) is 8.49. The molecule has 0 N–H and O–H groups in total. The van der Waals surface area contributed by atoms with Crippen molar-refractivity contribution in [2.75, 3.05) is 6.61 Å². The predicted octanol–water partition coefficient (Wildman–Crippen LogP) is 6.20. The lowest BCUT2D eigenvalue weighted by Crippen LogP contribution is -2.61. The summed E-state index contributed by atoms with van der Waals surface area (Å²) in [6, 6.07) is 0. The van der Waals surface area contributed by atoms with E-state index in [2.05, 4.69) is 53.4 Å². The Morgan fingerprint density at radius 3 is 2.55 bits per heavy atom. The molecule has 0 aromatic heterocycles. The SMILES string of the molecule is CC[C@H]1O[C@]2(CC[C@@H]1C)C[C@@H]1C[C@@H](C[C@@H]3O[C@]3(C)C[C@@H](C)/C=C/C=C3\CO[C@@H]4C(=O)C(C)=C[C@@H](C(=O)O1)[C@]34O[Si](C)(C)C)O2. The Morgan fingerprint density at radius 2 is 1.82 bits per heavy atom. The number of ketones is 1. The molecule has 0 radical (unpaired) electrons. The highest BCUT2D eigenvalue weighted by atomic mass is 28.4. The van der Waals surface area contributed by atoms with E-state index in [4.69, 9.17) is 28.1 Å². The Balaban J connectivity index is 1.41. The zero-order valence-corrected chi connectivity index (χ0v) is 28.9. The molecule has 0 aromatic carbocycles. The van der Waals surface area contributed by atoms with Gasteiger partial charge in [-0.15, -0.1) is 0 Å². The monoisotopic (exact) mass is 628 g/mol. The van der Waals surface area contributed by atoms with Crippen molar-refractivity contribution in [3.05, 3.63) is 35.5 Å². The molecule has 5 heterocycles. The van der Waals surface area contributed by atoms with Crippen molar-refractivity contribution in [2.45, 2.75) is 147 Å². The molecule has 1 aliphatic carbocycles. The average molecular weight is 629 g/mol. The molecule has 4 fully saturated rings. The van der Waals surface area contributed by atoms with Gasteiger partial charge < -0.3 is 28.1 Å². The maximum Gasteiger partial charge on any atom is 0.316 e. The lowest BCUT2D eigenvalue weighted by Gasteiger charge is -2.50. The molecule has 1 spiro atoms. The number of hydrogen-bond acceptors (Lipinski definition) is 8. The van der Waals surface area contributed by atoms with Crippen LogP contribution in [0.2, 0.25) is 19.6 Å². The summed E-state index contributed by atoms with van der Waals surface area (Å²) < 4.78 is 39.5. The zero-order chi connectivity index (χ0) is 31.7. The van der Waals surface area contributed by atoms with Crippen LogP contribution >= 0.6 is 0 Å². The van der Waals surface area contributed by atoms with E-state index in [-0.39, 0.29) is 48.2 Å². The third-order valence-corrected chi connectivity index (χ3v) is 11.6. The number of rotatable bonds is 3. The fourth-order valence-corrected chi connectivity index (χ4v) is 9.84. The predicted molar refractivity (Wildman–Crippen MR) is 168 cm³/mol. The number of ether oxygens (including phenoxy) is 5. The first-order valence-corrected chi connectivity index (χ1v) is 20.2. The van der Waals surface area contributed by atoms with E-state index < -0.39 is 37.8 Å². The van der Waals surface area contributed by atoms with Gasteiger partial charge in [0.15, 0.2) is 26.0 Å². The molecule has 6 aliphatic rings. The molecule has 5 aliphatic heterocycles. The van der Waals surface area contributed by atoms with Crippen LogP contribution in [0.4, 0.5) is 0 Å². The maximum absolute atomic E-state index is 14.5. The average Bonchev–Trinajstić information content (AvgIpc) is 3.40. The van der Waals surface area contributed by atoms with Crippen LogP contribution in [-0.2, 0) is 37.7 Å². The molecule has 0 unspecified atom stereocenters. The van der Waals surface area contributed by atoms with Gasteiger partial charge in [0.05, 0.1) is 30.5 Å². The summed E-state index contributed by atoms with van der Waals surface area (Å²) in [5, 5.41) is 0. The molecule has 244 valence electrons. The van der Waals surface area contributed by atoms with Gasteiger partial charge in [-0.25, -0.2) is 0 Å². The van der Waals surface area contributed by atoms with Crippen LogP contribution in [0, 0.1) is 17.8 Å². The molecule has 2 bridgehead atoms. The van der Waals surface area contributed by atoms with Crippen LogP contribution in [0.3, 0.4) is 0 Å². The minimum Gasteiger partial charge on any atom is -0.462 e. The highest BCUT2D eigenvalue weighted by molar-refractivity contribution is 6.70. The highest BCUT2D eigenvalue weighted by Crippen LogP contribution is 2.51. The van der Waals surface area contributed by atoms with Gasteiger partial charge in [-0.1, -0.05) is 45.1 Å². The van der Waals surface area contributed by atoms with E-state index in [1.54, 1.807) is 13.0 Å². The normalized spacial score (nSPS) is 48.0. The van der Waals surface area contributed by atoms with Crippen LogP contribution < -0.4 is 0 Å². The smallest absolute Gasteiger partial charge is 0.316 e. The van der Waals surface area contributed by atoms with Gasteiger partial charge in [-0.3, -0.25) is 9.59 Å². The minimum absolute atomic E-state index is 0.0855. The molecular weight excluding hydrogens is 576 g/mol. The summed E-state index contributed by atoms with van der Waals surface area (Å²) in [6.07, 6.45) is 12.0. The second-order valence-corrected chi connectivity index (χ2v) is 20.0. The highest BCUT2D eigenvalue weighted by Gasteiger charge is 2.63. The first-order valence-electron chi connectivity index (χ1n) is 16.8. The first-order chi connectivity index (χ1) is 20.7. The molecule has 0 amide bonds. The Hall–Kier alpha value is -1.62. The van der Waals surface area contributed by atoms with Crippen LogP contribution in [0.25, 0.3) is 0 Å². The third kappa shape index (κ3) is 5.97. The molecule has 4 saturated heterocycles. The van der Waals surface area contributed by atoms with E-state index >= 15 is 0 Å². The maximum atomic E-state index is 14.5. The van der Waals surface area contributed by atoms with E-state index in [1.807, 2.05) is 12.2 Å². The van der Waals surface area contributed by atoms with Crippen LogP contribution in [0.1, 0.15) is 79.6 Å². The lowest BCUT2D eigenvalue weighted by atomic mass is 9.71. The summed E-state index contributed by atoms with van der Waals surface area (Å²) in [5.74, 6) is -1.41. The van der Waals surface area contributed by atoms with E-state index in [0.29, 0.717) is 24.3 Å². The molecule has 6 rings (SSSR count). The number of allylic oxidation sites excluding steroid dienone is 3. The van der Waals surface area contributed by atoms with E-state index in [0.717, 1.165) is 37.7 Å². The summed E-state index contributed by atoms with van der Waals surface area (Å²) in [7, 11) is -2.30. The third-order valence-electron chi connectivity index (χ3n) is 10.6. The Bertz CT molecular complexity index is 1250. The number of epoxide rings is 1. The van der Waals surface area contributed by atoms with Gasteiger partial charge in [0.2, 0.25) is 0 Å². The second-order valence-electron chi connectivity index (χ2n) is 15.5. The molecule has 11 atom stereocenters. The van der Waals surface area contributed by atoms with Gasteiger partial charge in [0, 0.05) is 25.7 Å². The second kappa shape index (κ2) is 11.6. The Morgan fingerprint density at radius 1 is 1.05 bits per heavy atom. The van der Waals surface area contributed by atoms with Crippen molar-refractivity contribution in [1.29, 1.82) is 0 Å². The summed E-state index contributed by atoms with van der Waals surface area (Å²) in [4.78, 5) is 28.1. The van der Waals surface area contributed by atoms with Crippen LogP contribution in [-0.4, -0.2) is 74.2 Å². The number of fused-ring (bicyclic) bond motifs is 3. The fraction of sp³-hybridized carbons (Fsp3) is 0.771. The van der Waals surface area contributed by atoms with E-state index in [9.17, 15) is 9.59 Å². The van der Waals surface area contributed by atoms with Crippen molar-refractivity contribution < 1.29 is 37.7 Å². The van der Waals surface area contributed by atoms with Crippen LogP contribution in [0.5, 0.6) is 0 Å². The van der Waals surface area contributed by atoms with Crippen molar-refractivity contribution in [2.24, 2.45) is 17.8 Å².